The van der Waals surface area contributed by atoms with Crippen LogP contribution in [0.4, 0.5) is 10.1 Å². The minimum absolute atomic E-state index is 0.0420. The molecule has 4 rings (SSSR count). The van der Waals surface area contributed by atoms with Gasteiger partial charge < -0.3 is 14.9 Å². The second-order valence-corrected chi connectivity index (χ2v) is 7.23. The lowest BCUT2D eigenvalue weighted by Gasteiger charge is -2.26. The highest BCUT2D eigenvalue weighted by Crippen LogP contribution is 2.43. The topological polar surface area (TPSA) is 104 Å². The van der Waals surface area contributed by atoms with Gasteiger partial charge in [0, 0.05) is 16.8 Å². The first-order valence-corrected chi connectivity index (χ1v) is 9.94. The summed E-state index contributed by atoms with van der Waals surface area (Å²) < 4.78 is 19.9. The van der Waals surface area contributed by atoms with E-state index >= 15 is 0 Å². The Balaban J connectivity index is 1.84. The van der Waals surface area contributed by atoms with Crippen LogP contribution in [0.15, 0.2) is 84.4 Å². The molecule has 7 nitrogen and oxygen atoms in total. The zero-order valence-electron chi connectivity index (χ0n) is 17.1. The van der Waals surface area contributed by atoms with Gasteiger partial charge in [0.05, 0.1) is 11.6 Å². The summed E-state index contributed by atoms with van der Waals surface area (Å²) in [5, 5.41) is 19.7. The van der Waals surface area contributed by atoms with Crippen molar-refractivity contribution in [3.8, 4) is 5.75 Å². The molecule has 1 atom stereocenters. The summed E-state index contributed by atoms with van der Waals surface area (Å²) in [6, 6.07) is 18.5. The fraction of sp³-hybridized carbons (Fsp3) is 0.0800. The molecule has 1 saturated heterocycles. The number of carbonyl (C=O) groups is 3. The molecule has 2 N–H and O–H groups in total. The summed E-state index contributed by atoms with van der Waals surface area (Å²) in [7, 11) is 0. The van der Waals surface area contributed by atoms with Gasteiger partial charge in [-0.15, -0.1) is 0 Å². The molecule has 3 aromatic rings. The van der Waals surface area contributed by atoms with Crippen LogP contribution < -0.4 is 9.64 Å². The number of aliphatic hydroxyl groups is 1. The Kier molecular flexibility index (Phi) is 5.91. The average molecular weight is 447 g/mol. The molecule has 0 aliphatic carbocycles. The first-order chi connectivity index (χ1) is 15.9. The van der Waals surface area contributed by atoms with E-state index in [-0.39, 0.29) is 22.6 Å². The van der Waals surface area contributed by atoms with E-state index in [1.807, 2.05) is 0 Å². The monoisotopic (exact) mass is 447 g/mol. The van der Waals surface area contributed by atoms with E-state index in [0.29, 0.717) is 5.56 Å². The number of benzene rings is 3. The van der Waals surface area contributed by atoms with Crippen LogP contribution in [-0.4, -0.2) is 34.5 Å². The predicted octanol–water partition coefficient (Wildman–Crippen LogP) is 3.92. The number of amides is 1. The number of carboxylic acids is 1. The van der Waals surface area contributed by atoms with E-state index in [9.17, 15) is 23.9 Å². The van der Waals surface area contributed by atoms with Gasteiger partial charge in [0.1, 0.15) is 17.3 Å². The van der Waals surface area contributed by atoms with E-state index in [0.717, 1.165) is 4.90 Å². The number of carboxylic acid groups (broad SMARTS) is 1. The van der Waals surface area contributed by atoms with Gasteiger partial charge in [-0.2, -0.15) is 0 Å². The average Bonchev–Trinajstić information content (AvgIpc) is 3.08. The molecule has 166 valence electrons. The Bertz CT molecular complexity index is 1250. The molecule has 0 bridgehead atoms. The predicted molar refractivity (Wildman–Crippen MR) is 117 cm³/mol. The van der Waals surface area contributed by atoms with E-state index in [2.05, 4.69) is 0 Å². The number of carbonyl (C=O) groups excluding carboxylic acids is 2. The van der Waals surface area contributed by atoms with Crippen LogP contribution in [-0.2, 0) is 14.4 Å². The number of aliphatic carboxylic acids is 1. The third-order valence-electron chi connectivity index (χ3n) is 5.17. The second-order valence-electron chi connectivity index (χ2n) is 7.23. The van der Waals surface area contributed by atoms with Gasteiger partial charge in [0.15, 0.2) is 6.61 Å². The fourth-order valence-corrected chi connectivity index (χ4v) is 3.69. The van der Waals surface area contributed by atoms with E-state index in [4.69, 9.17) is 9.84 Å². The summed E-state index contributed by atoms with van der Waals surface area (Å²) >= 11 is 0. The number of halogens is 1. The number of anilines is 1. The van der Waals surface area contributed by atoms with Gasteiger partial charge in [-0.05, 0) is 30.3 Å². The van der Waals surface area contributed by atoms with Crippen molar-refractivity contribution in [1.29, 1.82) is 0 Å². The normalized spacial score (nSPS) is 17.2. The van der Waals surface area contributed by atoms with Crippen molar-refractivity contribution in [2.75, 3.05) is 11.5 Å². The molecule has 1 unspecified atom stereocenters. The SMILES string of the molecule is O=C(O)COc1ccc(N2C(=O)C(=O)/C(=C(/O)c3ccccc3)C2c2ccccc2F)cc1. The van der Waals surface area contributed by atoms with Crippen molar-refractivity contribution in [2.24, 2.45) is 0 Å². The van der Waals surface area contributed by atoms with Gasteiger partial charge in [0.2, 0.25) is 0 Å². The van der Waals surface area contributed by atoms with Crippen LogP contribution in [0.2, 0.25) is 0 Å². The summed E-state index contributed by atoms with van der Waals surface area (Å²) in [6.45, 7) is -0.545. The summed E-state index contributed by atoms with van der Waals surface area (Å²) in [4.78, 5) is 37.9. The van der Waals surface area contributed by atoms with Crippen LogP contribution in [0.25, 0.3) is 5.76 Å². The molecule has 0 aromatic heterocycles. The quantitative estimate of drug-likeness (QED) is 0.337. The Morgan fingerprint density at radius 2 is 1.55 bits per heavy atom. The molecule has 1 heterocycles. The first kappa shape index (κ1) is 21.8. The number of ether oxygens (including phenoxy) is 1. The van der Waals surface area contributed by atoms with Crippen molar-refractivity contribution in [1.82, 2.24) is 0 Å². The van der Waals surface area contributed by atoms with E-state index in [1.165, 1.54) is 42.5 Å². The summed E-state index contributed by atoms with van der Waals surface area (Å²) in [5.41, 5.74) is 0.372. The van der Waals surface area contributed by atoms with Gasteiger partial charge in [-0.25, -0.2) is 9.18 Å². The number of ketones is 1. The minimum atomic E-state index is -1.21. The smallest absolute Gasteiger partial charge is 0.341 e. The molecule has 8 heteroatoms. The Morgan fingerprint density at radius 1 is 0.909 bits per heavy atom. The van der Waals surface area contributed by atoms with Gasteiger partial charge >= 0.3 is 5.97 Å². The molecule has 1 fully saturated rings. The highest BCUT2D eigenvalue weighted by molar-refractivity contribution is 6.51. The van der Waals surface area contributed by atoms with Crippen LogP contribution >= 0.6 is 0 Å². The third kappa shape index (κ3) is 4.18. The van der Waals surface area contributed by atoms with Crippen LogP contribution in [0.3, 0.4) is 0 Å². The Morgan fingerprint density at radius 3 is 2.18 bits per heavy atom. The van der Waals surface area contributed by atoms with E-state index < -0.39 is 41.9 Å². The maximum atomic E-state index is 14.8. The van der Waals surface area contributed by atoms with Gasteiger partial charge in [-0.3, -0.25) is 14.5 Å². The molecule has 1 aliphatic heterocycles. The zero-order valence-corrected chi connectivity index (χ0v) is 17.1. The molecule has 1 amide bonds. The lowest BCUT2D eigenvalue weighted by molar-refractivity contribution is -0.139. The molecular formula is C25H18FNO6. The number of nitrogens with zero attached hydrogens (tertiary/aromatic N) is 1. The molecule has 1 aliphatic rings. The second kappa shape index (κ2) is 8.96. The largest absolute Gasteiger partial charge is 0.507 e. The van der Waals surface area contributed by atoms with Gasteiger partial charge in [-0.1, -0.05) is 48.5 Å². The number of hydrogen-bond acceptors (Lipinski definition) is 5. The van der Waals surface area contributed by atoms with Crippen LogP contribution in [0.5, 0.6) is 5.75 Å². The molecule has 33 heavy (non-hydrogen) atoms. The lowest BCUT2D eigenvalue weighted by atomic mass is 9.94. The minimum Gasteiger partial charge on any atom is -0.507 e. The highest BCUT2D eigenvalue weighted by Gasteiger charge is 2.47. The first-order valence-electron chi connectivity index (χ1n) is 9.94. The number of hydrogen-bond donors (Lipinski definition) is 2. The van der Waals surface area contributed by atoms with Crippen LogP contribution in [0.1, 0.15) is 17.2 Å². The number of aliphatic hydroxyl groups excluding tert-OH is 1. The summed E-state index contributed by atoms with van der Waals surface area (Å²) in [5.74, 6) is -3.84. The maximum absolute atomic E-state index is 14.8. The van der Waals surface area contributed by atoms with Crippen molar-refractivity contribution in [2.45, 2.75) is 6.04 Å². The van der Waals surface area contributed by atoms with Crippen molar-refractivity contribution >= 4 is 29.1 Å². The molecule has 3 aromatic carbocycles. The van der Waals surface area contributed by atoms with Gasteiger partial charge in [0.25, 0.3) is 11.7 Å². The fourth-order valence-electron chi connectivity index (χ4n) is 3.69. The van der Waals surface area contributed by atoms with Crippen molar-refractivity contribution in [3.63, 3.8) is 0 Å². The molecular weight excluding hydrogens is 429 g/mol. The van der Waals surface area contributed by atoms with Crippen molar-refractivity contribution in [3.05, 3.63) is 101 Å². The standard InChI is InChI=1S/C25H18FNO6/c26-19-9-5-4-8-18(19)22-21(23(30)15-6-2-1-3-7-15)24(31)25(32)27(22)16-10-12-17(13-11-16)33-14-20(28)29/h1-13,22,30H,14H2,(H,28,29)/b23-21+. The number of Topliss-reactive ketones (excluding diaryl/α,β-unsaturated/α-hetero) is 1. The van der Waals surface area contributed by atoms with E-state index in [1.54, 1.807) is 36.4 Å². The number of rotatable bonds is 6. The molecule has 0 saturated carbocycles. The zero-order chi connectivity index (χ0) is 23.5. The van der Waals surface area contributed by atoms with Crippen LogP contribution in [0, 0.1) is 5.82 Å². The third-order valence-corrected chi connectivity index (χ3v) is 5.17. The Labute approximate surface area is 188 Å². The summed E-state index contributed by atoms with van der Waals surface area (Å²) in [6.07, 6.45) is 0. The maximum Gasteiger partial charge on any atom is 0.341 e. The molecule has 0 radical (unpaired) electrons. The Hall–Kier alpha value is -4.46. The highest BCUT2D eigenvalue weighted by atomic mass is 19.1. The van der Waals surface area contributed by atoms with Crippen molar-refractivity contribution < 1.29 is 33.7 Å². The lowest BCUT2D eigenvalue weighted by Crippen LogP contribution is -2.29. The molecule has 0 spiro atoms.